The molecule has 4 nitrogen and oxygen atoms in total. The summed E-state index contributed by atoms with van der Waals surface area (Å²) >= 11 is 12.1. The van der Waals surface area contributed by atoms with Crippen molar-refractivity contribution < 1.29 is 4.74 Å². The van der Waals surface area contributed by atoms with Crippen LogP contribution < -0.4 is 10.1 Å². The third kappa shape index (κ3) is 4.26. The van der Waals surface area contributed by atoms with E-state index in [1.54, 1.807) is 6.07 Å². The van der Waals surface area contributed by atoms with Crippen LogP contribution in [0.5, 0.6) is 5.75 Å². The fourth-order valence-corrected chi connectivity index (χ4v) is 3.00. The number of para-hydroxylation sites is 1. The Bertz CT molecular complexity index is 944. The Morgan fingerprint density at radius 1 is 1.15 bits per heavy atom. The van der Waals surface area contributed by atoms with Gasteiger partial charge in [-0.1, -0.05) is 41.4 Å². The molecule has 0 bridgehead atoms. The number of halogens is 2. The maximum absolute atomic E-state index is 6.10. The van der Waals surface area contributed by atoms with Gasteiger partial charge in [0.05, 0.1) is 16.6 Å². The van der Waals surface area contributed by atoms with Gasteiger partial charge in [-0.05, 0) is 43.5 Å². The van der Waals surface area contributed by atoms with Crippen LogP contribution in [0.25, 0.3) is 10.9 Å². The maximum Gasteiger partial charge on any atom is 0.145 e. The number of aliphatic imine (C=N–C) groups is 1. The van der Waals surface area contributed by atoms with Crippen molar-refractivity contribution >= 4 is 46.5 Å². The summed E-state index contributed by atoms with van der Waals surface area (Å²) in [7, 11) is 0. The van der Waals surface area contributed by atoms with Crippen LogP contribution >= 0.6 is 23.2 Å². The number of nitrogens with one attached hydrogen (secondary N) is 1. The van der Waals surface area contributed by atoms with E-state index in [0.717, 1.165) is 33.6 Å². The Morgan fingerprint density at radius 2 is 2.00 bits per heavy atom. The fraction of sp³-hybridized carbons (Fsp3) is 0.200. The molecule has 2 aromatic carbocycles. The molecule has 0 aliphatic carbocycles. The number of ether oxygens (including phenoxy) is 1. The zero-order valence-corrected chi connectivity index (χ0v) is 15.9. The number of pyridine rings is 1. The van der Waals surface area contributed by atoms with Crippen molar-refractivity contribution in [2.75, 3.05) is 18.5 Å². The Kier molecular flexibility index (Phi) is 5.96. The zero-order valence-electron chi connectivity index (χ0n) is 14.4. The van der Waals surface area contributed by atoms with Gasteiger partial charge in [0, 0.05) is 23.3 Å². The molecule has 1 aromatic heterocycles. The molecule has 0 amide bonds. The van der Waals surface area contributed by atoms with Crippen molar-refractivity contribution in [3.8, 4) is 5.75 Å². The Labute approximate surface area is 162 Å². The molecule has 0 atom stereocenters. The van der Waals surface area contributed by atoms with Crippen molar-refractivity contribution in [2.24, 2.45) is 4.99 Å². The molecule has 0 aliphatic rings. The van der Waals surface area contributed by atoms with Crippen molar-refractivity contribution in [1.82, 2.24) is 4.98 Å². The third-order valence-corrected chi connectivity index (χ3v) is 4.64. The van der Waals surface area contributed by atoms with E-state index in [-0.39, 0.29) is 0 Å². The first-order valence-electron chi connectivity index (χ1n) is 8.22. The van der Waals surface area contributed by atoms with E-state index in [1.165, 1.54) is 0 Å². The summed E-state index contributed by atoms with van der Waals surface area (Å²) in [5.74, 6) is 0.743. The predicted octanol–water partition coefficient (Wildman–Crippen LogP) is 5.54. The van der Waals surface area contributed by atoms with Crippen LogP contribution in [0.15, 0.2) is 47.5 Å². The number of rotatable bonds is 7. The summed E-state index contributed by atoms with van der Waals surface area (Å²) in [5.41, 5.74) is 3.78. The molecule has 0 radical (unpaired) electrons. The van der Waals surface area contributed by atoms with Crippen molar-refractivity contribution in [2.45, 2.75) is 13.5 Å². The van der Waals surface area contributed by atoms with Gasteiger partial charge in [0.1, 0.15) is 17.9 Å². The minimum absolute atomic E-state index is 0.476. The fourth-order valence-electron chi connectivity index (χ4n) is 2.68. The molecule has 6 heteroatoms. The summed E-state index contributed by atoms with van der Waals surface area (Å²) in [5, 5.41) is 5.56. The molecular formula is C20H19Cl2N3O. The second-order valence-corrected chi connectivity index (χ2v) is 6.68. The van der Waals surface area contributed by atoms with Gasteiger partial charge in [-0.3, -0.25) is 4.99 Å². The predicted molar refractivity (Wildman–Crippen MR) is 110 cm³/mol. The number of hydrogen-bond acceptors (Lipinski definition) is 4. The summed E-state index contributed by atoms with van der Waals surface area (Å²) in [6.07, 6.45) is 0. The Hall–Kier alpha value is -2.30. The maximum atomic E-state index is 6.10. The molecule has 134 valence electrons. The van der Waals surface area contributed by atoms with Crippen molar-refractivity contribution in [3.05, 3.63) is 63.8 Å². The van der Waals surface area contributed by atoms with Gasteiger partial charge in [0.25, 0.3) is 0 Å². The van der Waals surface area contributed by atoms with E-state index >= 15 is 0 Å². The first kappa shape index (κ1) is 18.5. The van der Waals surface area contributed by atoms with Gasteiger partial charge < -0.3 is 10.1 Å². The van der Waals surface area contributed by atoms with Crippen LogP contribution in [0.4, 0.5) is 5.69 Å². The third-order valence-electron chi connectivity index (χ3n) is 3.90. The van der Waals surface area contributed by atoms with Gasteiger partial charge in [-0.25, -0.2) is 4.98 Å². The topological polar surface area (TPSA) is 46.5 Å². The summed E-state index contributed by atoms with van der Waals surface area (Å²) < 4.78 is 5.81. The van der Waals surface area contributed by atoms with Crippen LogP contribution in [0.3, 0.4) is 0 Å². The van der Waals surface area contributed by atoms with Gasteiger partial charge in [0.15, 0.2) is 0 Å². The summed E-state index contributed by atoms with van der Waals surface area (Å²) in [4.78, 5) is 8.46. The van der Waals surface area contributed by atoms with Crippen LogP contribution in [0, 0.1) is 6.92 Å². The highest BCUT2D eigenvalue weighted by atomic mass is 35.5. The van der Waals surface area contributed by atoms with Gasteiger partial charge in [-0.2, -0.15) is 0 Å². The van der Waals surface area contributed by atoms with E-state index in [0.29, 0.717) is 29.7 Å². The lowest BCUT2D eigenvalue weighted by atomic mass is 10.1. The van der Waals surface area contributed by atoms with Crippen LogP contribution in [0.1, 0.15) is 11.3 Å². The monoisotopic (exact) mass is 387 g/mol. The molecular weight excluding hydrogens is 369 g/mol. The first-order chi connectivity index (χ1) is 12.6. The second kappa shape index (κ2) is 8.39. The minimum atomic E-state index is 0.476. The van der Waals surface area contributed by atoms with Gasteiger partial charge in [0.2, 0.25) is 0 Å². The Morgan fingerprint density at radius 3 is 2.77 bits per heavy atom. The van der Waals surface area contributed by atoms with E-state index in [4.69, 9.17) is 27.9 Å². The highest BCUT2D eigenvalue weighted by Crippen LogP contribution is 2.31. The zero-order chi connectivity index (χ0) is 18.5. The van der Waals surface area contributed by atoms with Crippen LogP contribution in [0.2, 0.25) is 10.0 Å². The molecule has 0 saturated carbocycles. The number of hydrogen-bond donors (Lipinski definition) is 1. The lowest BCUT2D eigenvalue weighted by molar-refractivity contribution is 0.332. The SMILES string of the molecule is C=NCCOc1cccc2c(NCc3ccc(Cl)c(Cl)c3)cc(C)nc12. The van der Waals surface area contributed by atoms with E-state index in [2.05, 4.69) is 22.0 Å². The first-order valence-corrected chi connectivity index (χ1v) is 8.97. The highest BCUT2D eigenvalue weighted by Gasteiger charge is 2.09. The Balaban J connectivity index is 1.88. The number of nitrogens with zero attached hydrogens (tertiary/aromatic N) is 2. The second-order valence-electron chi connectivity index (χ2n) is 5.86. The van der Waals surface area contributed by atoms with Crippen molar-refractivity contribution in [3.63, 3.8) is 0 Å². The van der Waals surface area contributed by atoms with Crippen molar-refractivity contribution in [1.29, 1.82) is 0 Å². The lowest BCUT2D eigenvalue weighted by Gasteiger charge is -2.14. The number of fused-ring (bicyclic) bond motifs is 1. The molecule has 0 spiro atoms. The normalized spacial score (nSPS) is 10.7. The molecule has 3 aromatic rings. The molecule has 1 N–H and O–H groups in total. The number of benzene rings is 2. The average molecular weight is 388 g/mol. The number of aromatic nitrogens is 1. The van der Waals surface area contributed by atoms with Gasteiger partial charge >= 0.3 is 0 Å². The molecule has 1 heterocycles. The number of aryl methyl sites for hydroxylation is 1. The lowest BCUT2D eigenvalue weighted by Crippen LogP contribution is -2.04. The molecule has 0 fully saturated rings. The highest BCUT2D eigenvalue weighted by molar-refractivity contribution is 6.42. The average Bonchev–Trinajstić information content (AvgIpc) is 2.63. The van der Waals surface area contributed by atoms with Crippen LogP contribution in [-0.4, -0.2) is 24.9 Å². The molecule has 3 rings (SSSR count). The van der Waals surface area contributed by atoms with Gasteiger partial charge in [-0.15, -0.1) is 0 Å². The molecule has 26 heavy (non-hydrogen) atoms. The van der Waals surface area contributed by atoms with Crippen LogP contribution in [-0.2, 0) is 6.54 Å². The largest absolute Gasteiger partial charge is 0.489 e. The smallest absolute Gasteiger partial charge is 0.145 e. The quantitative estimate of drug-likeness (QED) is 0.427. The molecule has 0 aliphatic heterocycles. The standard InChI is InChI=1S/C20H19Cl2N3O/c1-13-10-18(24-12-14-6-7-16(21)17(22)11-14)15-4-3-5-19(20(15)25-13)26-9-8-23-2/h3-7,10-11H,2,8-9,12H2,1H3,(H,24,25). The van der Waals surface area contributed by atoms with E-state index < -0.39 is 0 Å². The number of anilines is 1. The minimum Gasteiger partial charge on any atom is -0.489 e. The van der Waals surface area contributed by atoms with E-state index in [9.17, 15) is 0 Å². The summed E-state index contributed by atoms with van der Waals surface area (Å²) in [6.45, 7) is 7.09. The molecule has 0 saturated heterocycles. The van der Waals surface area contributed by atoms with E-state index in [1.807, 2.05) is 43.3 Å². The summed E-state index contributed by atoms with van der Waals surface area (Å²) in [6, 6.07) is 13.5. The molecule has 0 unspecified atom stereocenters.